The average Bonchev–Trinajstić information content (AvgIpc) is 2.37. The summed E-state index contributed by atoms with van der Waals surface area (Å²) < 4.78 is 10.2. The first-order chi connectivity index (χ1) is 8.88. The zero-order valence-corrected chi connectivity index (χ0v) is 11.5. The number of rotatable bonds is 4. The van der Waals surface area contributed by atoms with Gasteiger partial charge < -0.3 is 20.1 Å². The van der Waals surface area contributed by atoms with Gasteiger partial charge in [-0.3, -0.25) is 4.79 Å². The van der Waals surface area contributed by atoms with Crippen molar-refractivity contribution in [3.63, 3.8) is 0 Å². The molecule has 1 unspecified atom stereocenters. The topological polar surface area (TPSA) is 81.9 Å². The molecule has 0 radical (unpaired) electrons. The predicted molar refractivity (Wildman–Crippen MR) is 71.0 cm³/mol. The minimum absolute atomic E-state index is 0.128. The van der Waals surface area contributed by atoms with Crippen molar-refractivity contribution in [3.8, 4) is 5.75 Å². The van der Waals surface area contributed by atoms with Crippen LogP contribution in [-0.4, -0.2) is 44.1 Å². The van der Waals surface area contributed by atoms with Crippen molar-refractivity contribution >= 4 is 17.6 Å². The van der Waals surface area contributed by atoms with Gasteiger partial charge in [-0.1, -0.05) is 6.07 Å². The van der Waals surface area contributed by atoms with Crippen LogP contribution in [0.2, 0.25) is 0 Å². The molecule has 0 fully saturated rings. The van der Waals surface area contributed by atoms with Crippen LogP contribution >= 0.6 is 0 Å². The lowest BCUT2D eigenvalue weighted by Gasteiger charge is -2.20. The zero-order chi connectivity index (χ0) is 14.6. The number of nitrogen functional groups attached to an aromatic ring is 1. The number of esters is 1. The summed E-state index contributed by atoms with van der Waals surface area (Å²) in [5.41, 5.74) is 6.11. The van der Waals surface area contributed by atoms with Gasteiger partial charge >= 0.3 is 5.97 Å². The number of hydrogen-bond donors (Lipinski definition) is 1. The van der Waals surface area contributed by atoms with Crippen molar-refractivity contribution in [2.75, 3.05) is 26.9 Å². The Labute approximate surface area is 112 Å². The normalized spacial score (nSPS) is 11.6. The molecule has 0 bridgehead atoms. The molecule has 0 saturated heterocycles. The van der Waals surface area contributed by atoms with Crippen LogP contribution in [0.15, 0.2) is 18.2 Å². The SMILES string of the molecule is COC(=O)c1c(N)cccc1OC(C)C(=O)N(C)C. The number of likely N-dealkylation sites (N-methyl/N-ethyl adjacent to an activating group) is 1. The molecule has 0 aliphatic carbocycles. The van der Waals surface area contributed by atoms with Gasteiger partial charge in [-0.05, 0) is 19.1 Å². The van der Waals surface area contributed by atoms with Crippen LogP contribution in [0.25, 0.3) is 0 Å². The Morgan fingerprint density at radius 1 is 1.32 bits per heavy atom. The Morgan fingerprint density at radius 3 is 2.47 bits per heavy atom. The number of carbonyl (C=O) groups excluding carboxylic acids is 2. The number of ether oxygens (including phenoxy) is 2. The number of carbonyl (C=O) groups is 2. The summed E-state index contributed by atoms with van der Waals surface area (Å²) >= 11 is 0. The fourth-order valence-corrected chi connectivity index (χ4v) is 1.57. The van der Waals surface area contributed by atoms with Crippen LogP contribution in [-0.2, 0) is 9.53 Å². The molecule has 2 N–H and O–H groups in total. The molecule has 0 aromatic heterocycles. The molecular weight excluding hydrogens is 248 g/mol. The first-order valence-corrected chi connectivity index (χ1v) is 5.73. The minimum Gasteiger partial charge on any atom is -0.480 e. The van der Waals surface area contributed by atoms with Gasteiger partial charge in [0.2, 0.25) is 0 Å². The van der Waals surface area contributed by atoms with E-state index < -0.39 is 12.1 Å². The number of anilines is 1. The quantitative estimate of drug-likeness (QED) is 0.647. The largest absolute Gasteiger partial charge is 0.480 e. The minimum atomic E-state index is -0.722. The molecule has 1 atom stereocenters. The second kappa shape index (κ2) is 6.08. The highest BCUT2D eigenvalue weighted by Gasteiger charge is 2.22. The van der Waals surface area contributed by atoms with Gasteiger partial charge in [0.05, 0.1) is 7.11 Å². The maximum atomic E-state index is 11.7. The Morgan fingerprint density at radius 2 is 1.95 bits per heavy atom. The van der Waals surface area contributed by atoms with E-state index in [0.717, 1.165) is 0 Å². The van der Waals surface area contributed by atoms with Crippen molar-refractivity contribution < 1.29 is 19.1 Å². The smallest absolute Gasteiger partial charge is 0.343 e. The maximum absolute atomic E-state index is 11.7. The lowest BCUT2D eigenvalue weighted by atomic mass is 10.1. The van der Waals surface area contributed by atoms with E-state index in [2.05, 4.69) is 4.74 Å². The fraction of sp³-hybridized carbons (Fsp3) is 0.385. The summed E-state index contributed by atoms with van der Waals surface area (Å²) in [6.45, 7) is 1.60. The van der Waals surface area contributed by atoms with E-state index in [9.17, 15) is 9.59 Å². The van der Waals surface area contributed by atoms with E-state index in [4.69, 9.17) is 10.5 Å². The lowest BCUT2D eigenvalue weighted by molar-refractivity contribution is -0.135. The summed E-state index contributed by atoms with van der Waals surface area (Å²) in [7, 11) is 4.51. The number of methoxy groups -OCH3 is 1. The van der Waals surface area contributed by atoms with Crippen molar-refractivity contribution in [1.82, 2.24) is 4.90 Å². The van der Waals surface area contributed by atoms with Crippen LogP contribution in [0.1, 0.15) is 17.3 Å². The van der Waals surface area contributed by atoms with Gasteiger partial charge in [-0.25, -0.2) is 4.79 Å². The maximum Gasteiger partial charge on any atom is 0.343 e. The standard InChI is InChI=1S/C13H18N2O4/c1-8(12(16)15(2)3)19-10-7-5-6-9(14)11(10)13(17)18-4/h5-8H,14H2,1-4H3. The molecule has 0 aliphatic rings. The summed E-state index contributed by atoms with van der Waals surface area (Å²) in [6.07, 6.45) is -0.722. The van der Waals surface area contributed by atoms with E-state index in [0.29, 0.717) is 0 Å². The van der Waals surface area contributed by atoms with Crippen LogP contribution in [0, 0.1) is 0 Å². The van der Waals surface area contributed by atoms with Crippen LogP contribution in [0.3, 0.4) is 0 Å². The third-order valence-electron chi connectivity index (χ3n) is 2.54. The van der Waals surface area contributed by atoms with Gasteiger partial charge in [-0.15, -0.1) is 0 Å². The lowest BCUT2D eigenvalue weighted by Crippen LogP contribution is -2.35. The predicted octanol–water partition coefficient (Wildman–Crippen LogP) is 0.911. The first kappa shape index (κ1) is 14.8. The molecule has 104 valence electrons. The molecule has 0 aliphatic heterocycles. The van der Waals surface area contributed by atoms with E-state index >= 15 is 0 Å². The molecule has 1 aromatic rings. The van der Waals surface area contributed by atoms with Crippen molar-refractivity contribution in [2.45, 2.75) is 13.0 Å². The van der Waals surface area contributed by atoms with E-state index in [1.807, 2.05) is 0 Å². The Hall–Kier alpha value is -2.24. The summed E-state index contributed by atoms with van der Waals surface area (Å²) in [5, 5.41) is 0. The Bertz CT molecular complexity index is 486. The average molecular weight is 266 g/mol. The van der Waals surface area contributed by atoms with Gasteiger partial charge in [0.25, 0.3) is 5.91 Å². The van der Waals surface area contributed by atoms with Crippen molar-refractivity contribution in [1.29, 1.82) is 0 Å². The summed E-state index contributed by atoms with van der Waals surface area (Å²) in [4.78, 5) is 24.8. The van der Waals surface area contributed by atoms with Crippen LogP contribution in [0.5, 0.6) is 5.75 Å². The third-order valence-corrected chi connectivity index (χ3v) is 2.54. The van der Waals surface area contributed by atoms with Crippen molar-refractivity contribution in [3.05, 3.63) is 23.8 Å². The molecule has 1 rings (SSSR count). The van der Waals surface area contributed by atoms with Crippen LogP contribution < -0.4 is 10.5 Å². The number of benzene rings is 1. The number of nitrogens with two attached hydrogens (primary N) is 1. The highest BCUT2D eigenvalue weighted by molar-refractivity contribution is 5.98. The van der Waals surface area contributed by atoms with E-state index in [-0.39, 0.29) is 22.9 Å². The molecule has 1 aromatic carbocycles. The van der Waals surface area contributed by atoms with E-state index in [1.165, 1.54) is 12.0 Å². The Balaban J connectivity index is 3.05. The van der Waals surface area contributed by atoms with Crippen LogP contribution in [0.4, 0.5) is 5.69 Å². The molecule has 6 heteroatoms. The Kier molecular flexibility index (Phi) is 4.74. The molecule has 0 spiro atoms. The number of amides is 1. The number of nitrogens with zero attached hydrogens (tertiary/aromatic N) is 1. The molecule has 6 nitrogen and oxygen atoms in total. The van der Waals surface area contributed by atoms with Gasteiger partial charge in [0, 0.05) is 19.8 Å². The summed E-state index contributed by atoms with van der Waals surface area (Å²) in [6, 6.07) is 4.78. The van der Waals surface area contributed by atoms with Gasteiger partial charge in [0.15, 0.2) is 6.10 Å². The third kappa shape index (κ3) is 3.37. The number of hydrogen-bond acceptors (Lipinski definition) is 5. The zero-order valence-electron chi connectivity index (χ0n) is 11.5. The second-order valence-corrected chi connectivity index (χ2v) is 4.20. The monoisotopic (exact) mass is 266 g/mol. The molecule has 0 heterocycles. The first-order valence-electron chi connectivity index (χ1n) is 5.73. The molecule has 1 amide bonds. The highest BCUT2D eigenvalue weighted by atomic mass is 16.5. The van der Waals surface area contributed by atoms with E-state index in [1.54, 1.807) is 39.2 Å². The van der Waals surface area contributed by atoms with Gasteiger partial charge in [-0.2, -0.15) is 0 Å². The van der Waals surface area contributed by atoms with Gasteiger partial charge in [0.1, 0.15) is 11.3 Å². The summed E-state index contributed by atoms with van der Waals surface area (Å²) in [5.74, 6) is -0.578. The highest BCUT2D eigenvalue weighted by Crippen LogP contribution is 2.26. The molecular formula is C13H18N2O4. The fourth-order valence-electron chi connectivity index (χ4n) is 1.57. The molecule has 19 heavy (non-hydrogen) atoms. The van der Waals surface area contributed by atoms with Crippen molar-refractivity contribution in [2.24, 2.45) is 0 Å². The second-order valence-electron chi connectivity index (χ2n) is 4.20. The molecule has 0 saturated carbocycles.